The van der Waals surface area contributed by atoms with Crippen LogP contribution in [0.4, 0.5) is 5.69 Å². The number of anilines is 1. The molecule has 1 amide bonds. The lowest BCUT2D eigenvalue weighted by Gasteiger charge is -2.22. The van der Waals surface area contributed by atoms with Crippen molar-refractivity contribution in [3.63, 3.8) is 0 Å². The number of benzene rings is 1. The number of carbonyl (C=O) groups excluding carboxylic acids is 1. The van der Waals surface area contributed by atoms with E-state index in [2.05, 4.69) is 18.3 Å². The lowest BCUT2D eigenvalue weighted by atomic mass is 9.94. The standard InChI is InChI=1S/C15H22N2O/c1-2-12-6-5-7-13(10-12)17-14(18)11-15(16)8-3-4-9-15/h5-7,10H,2-4,8-9,11,16H2,1H3,(H,17,18). The Bertz CT molecular complexity index is 422. The second-order valence-corrected chi connectivity index (χ2v) is 5.35. The molecule has 18 heavy (non-hydrogen) atoms. The summed E-state index contributed by atoms with van der Waals surface area (Å²) in [6.07, 6.45) is 5.64. The maximum Gasteiger partial charge on any atom is 0.226 e. The summed E-state index contributed by atoms with van der Waals surface area (Å²) in [5.74, 6) is 0.0349. The summed E-state index contributed by atoms with van der Waals surface area (Å²) in [7, 11) is 0. The number of carbonyl (C=O) groups is 1. The summed E-state index contributed by atoms with van der Waals surface area (Å²) in [6.45, 7) is 2.11. The minimum Gasteiger partial charge on any atom is -0.326 e. The molecule has 98 valence electrons. The van der Waals surface area contributed by atoms with E-state index < -0.39 is 0 Å². The second-order valence-electron chi connectivity index (χ2n) is 5.35. The van der Waals surface area contributed by atoms with Crippen LogP contribution in [0.15, 0.2) is 24.3 Å². The summed E-state index contributed by atoms with van der Waals surface area (Å²) in [5.41, 5.74) is 8.05. The largest absolute Gasteiger partial charge is 0.326 e. The van der Waals surface area contributed by atoms with Gasteiger partial charge in [-0.2, -0.15) is 0 Å². The Morgan fingerprint density at radius 2 is 2.11 bits per heavy atom. The van der Waals surface area contributed by atoms with Crippen LogP contribution in [0.2, 0.25) is 0 Å². The van der Waals surface area contributed by atoms with E-state index in [1.807, 2.05) is 18.2 Å². The third-order valence-corrected chi connectivity index (χ3v) is 3.73. The smallest absolute Gasteiger partial charge is 0.226 e. The SMILES string of the molecule is CCc1cccc(NC(=O)CC2(N)CCCC2)c1. The van der Waals surface area contributed by atoms with Gasteiger partial charge in [-0.15, -0.1) is 0 Å². The van der Waals surface area contributed by atoms with Gasteiger partial charge in [-0.05, 0) is 37.0 Å². The Morgan fingerprint density at radius 3 is 2.78 bits per heavy atom. The first-order valence-electron chi connectivity index (χ1n) is 6.79. The first-order chi connectivity index (χ1) is 8.61. The number of nitrogens with one attached hydrogen (secondary N) is 1. The van der Waals surface area contributed by atoms with Crippen LogP contribution in [-0.2, 0) is 11.2 Å². The molecule has 3 nitrogen and oxygen atoms in total. The van der Waals surface area contributed by atoms with Gasteiger partial charge in [0, 0.05) is 17.6 Å². The molecular weight excluding hydrogens is 224 g/mol. The molecule has 1 aliphatic rings. The third kappa shape index (κ3) is 3.33. The molecule has 0 heterocycles. The number of amides is 1. The fourth-order valence-electron chi connectivity index (χ4n) is 2.65. The average Bonchev–Trinajstić information content (AvgIpc) is 2.75. The molecule has 0 atom stereocenters. The zero-order chi connectivity index (χ0) is 13.0. The Kier molecular flexibility index (Phi) is 4.02. The molecule has 0 spiro atoms. The topological polar surface area (TPSA) is 55.1 Å². The molecule has 0 saturated heterocycles. The van der Waals surface area contributed by atoms with Gasteiger partial charge in [0.05, 0.1) is 0 Å². The minimum atomic E-state index is -0.271. The van der Waals surface area contributed by atoms with Crippen LogP contribution in [0.3, 0.4) is 0 Å². The van der Waals surface area contributed by atoms with Crippen molar-refractivity contribution in [3.8, 4) is 0 Å². The van der Waals surface area contributed by atoms with Gasteiger partial charge >= 0.3 is 0 Å². The van der Waals surface area contributed by atoms with Crippen molar-refractivity contribution in [2.24, 2.45) is 5.73 Å². The predicted molar refractivity (Wildman–Crippen MR) is 74.5 cm³/mol. The Labute approximate surface area is 109 Å². The van der Waals surface area contributed by atoms with Gasteiger partial charge in [0.2, 0.25) is 5.91 Å². The molecule has 0 unspecified atom stereocenters. The summed E-state index contributed by atoms with van der Waals surface area (Å²) in [6, 6.07) is 7.99. The second kappa shape index (κ2) is 5.53. The van der Waals surface area contributed by atoms with Crippen molar-refractivity contribution in [1.82, 2.24) is 0 Å². The van der Waals surface area contributed by atoms with Crippen molar-refractivity contribution in [2.75, 3.05) is 5.32 Å². The maximum atomic E-state index is 12.0. The van der Waals surface area contributed by atoms with Crippen LogP contribution >= 0.6 is 0 Å². The number of rotatable bonds is 4. The fourth-order valence-corrected chi connectivity index (χ4v) is 2.65. The fraction of sp³-hybridized carbons (Fsp3) is 0.533. The first kappa shape index (κ1) is 13.1. The van der Waals surface area contributed by atoms with E-state index in [1.54, 1.807) is 0 Å². The Hall–Kier alpha value is -1.35. The number of hydrogen-bond acceptors (Lipinski definition) is 2. The van der Waals surface area contributed by atoms with Crippen LogP contribution in [-0.4, -0.2) is 11.4 Å². The molecule has 1 aromatic carbocycles. The summed E-state index contributed by atoms with van der Waals surface area (Å²) in [4.78, 5) is 12.0. The summed E-state index contributed by atoms with van der Waals surface area (Å²) >= 11 is 0. The van der Waals surface area contributed by atoms with Crippen molar-refractivity contribution in [2.45, 2.75) is 51.0 Å². The van der Waals surface area contributed by atoms with Gasteiger partial charge < -0.3 is 11.1 Å². The lowest BCUT2D eigenvalue weighted by Crippen LogP contribution is -2.40. The monoisotopic (exact) mass is 246 g/mol. The average molecular weight is 246 g/mol. The molecular formula is C15H22N2O. The van der Waals surface area contributed by atoms with Crippen LogP contribution in [0.25, 0.3) is 0 Å². The van der Waals surface area contributed by atoms with Gasteiger partial charge in [0.1, 0.15) is 0 Å². The highest BCUT2D eigenvalue weighted by Crippen LogP contribution is 2.30. The summed E-state index contributed by atoms with van der Waals surface area (Å²) in [5, 5.41) is 2.95. The van der Waals surface area contributed by atoms with Gasteiger partial charge in [-0.25, -0.2) is 0 Å². The van der Waals surface area contributed by atoms with Gasteiger partial charge in [0.25, 0.3) is 0 Å². The van der Waals surface area contributed by atoms with E-state index in [4.69, 9.17) is 5.73 Å². The number of nitrogens with two attached hydrogens (primary N) is 1. The number of aryl methyl sites for hydroxylation is 1. The van der Waals surface area contributed by atoms with Crippen LogP contribution in [0, 0.1) is 0 Å². The van der Waals surface area contributed by atoms with E-state index in [9.17, 15) is 4.79 Å². The van der Waals surface area contributed by atoms with E-state index >= 15 is 0 Å². The molecule has 1 fully saturated rings. The van der Waals surface area contributed by atoms with Crippen LogP contribution < -0.4 is 11.1 Å². The van der Waals surface area contributed by atoms with Crippen molar-refractivity contribution >= 4 is 11.6 Å². The molecule has 0 aliphatic heterocycles. The van der Waals surface area contributed by atoms with E-state index in [0.717, 1.165) is 37.8 Å². The van der Waals surface area contributed by atoms with Crippen LogP contribution in [0.5, 0.6) is 0 Å². The number of hydrogen-bond donors (Lipinski definition) is 2. The first-order valence-corrected chi connectivity index (χ1v) is 6.79. The maximum absolute atomic E-state index is 12.0. The Morgan fingerprint density at radius 1 is 1.39 bits per heavy atom. The highest BCUT2D eigenvalue weighted by Gasteiger charge is 2.31. The molecule has 2 rings (SSSR count). The normalized spacial score (nSPS) is 17.7. The zero-order valence-electron chi connectivity index (χ0n) is 11.0. The molecule has 1 saturated carbocycles. The summed E-state index contributed by atoms with van der Waals surface area (Å²) < 4.78 is 0. The molecule has 1 aliphatic carbocycles. The van der Waals surface area contributed by atoms with Crippen molar-refractivity contribution < 1.29 is 4.79 Å². The Balaban J connectivity index is 1.94. The molecule has 3 N–H and O–H groups in total. The lowest BCUT2D eigenvalue weighted by molar-refractivity contribution is -0.117. The van der Waals surface area contributed by atoms with E-state index in [-0.39, 0.29) is 11.4 Å². The molecule has 0 radical (unpaired) electrons. The molecule has 0 bridgehead atoms. The third-order valence-electron chi connectivity index (χ3n) is 3.73. The molecule has 3 heteroatoms. The highest BCUT2D eigenvalue weighted by atomic mass is 16.1. The van der Waals surface area contributed by atoms with Crippen LogP contribution in [0.1, 0.15) is 44.6 Å². The molecule has 0 aromatic heterocycles. The van der Waals surface area contributed by atoms with Gasteiger partial charge in [0.15, 0.2) is 0 Å². The highest BCUT2D eigenvalue weighted by molar-refractivity contribution is 5.91. The van der Waals surface area contributed by atoms with Crippen molar-refractivity contribution in [3.05, 3.63) is 29.8 Å². The zero-order valence-corrected chi connectivity index (χ0v) is 11.0. The van der Waals surface area contributed by atoms with Gasteiger partial charge in [-0.1, -0.05) is 31.9 Å². The quantitative estimate of drug-likeness (QED) is 0.858. The van der Waals surface area contributed by atoms with Crippen molar-refractivity contribution in [1.29, 1.82) is 0 Å². The van der Waals surface area contributed by atoms with Gasteiger partial charge in [-0.3, -0.25) is 4.79 Å². The molecule has 1 aromatic rings. The minimum absolute atomic E-state index is 0.0349. The van der Waals surface area contributed by atoms with E-state index in [0.29, 0.717) is 6.42 Å². The predicted octanol–water partition coefficient (Wildman–Crippen LogP) is 2.85. The van der Waals surface area contributed by atoms with E-state index in [1.165, 1.54) is 5.56 Å².